The van der Waals surface area contributed by atoms with Crippen LogP contribution in [0.3, 0.4) is 0 Å². The third kappa shape index (κ3) is 2.08. The molecule has 1 aromatic carbocycles. The normalized spacial score (nSPS) is 15.5. The molecule has 2 heterocycles. The number of hydrogen-bond donors (Lipinski definition) is 3. The van der Waals surface area contributed by atoms with Gasteiger partial charge in [0.05, 0.1) is 11.3 Å². The van der Waals surface area contributed by atoms with Crippen molar-refractivity contribution >= 4 is 23.0 Å². The topological polar surface area (TPSA) is 69.8 Å². The number of nitrogens with zero attached hydrogens (tertiary/aromatic N) is 1. The molecule has 0 fully saturated rings. The number of aryl methyl sites for hydroxylation is 1. The molecule has 19 heavy (non-hydrogen) atoms. The average molecular weight is 258 g/mol. The van der Waals surface area contributed by atoms with Crippen LogP contribution in [0.5, 0.6) is 0 Å². The van der Waals surface area contributed by atoms with Crippen molar-refractivity contribution < 1.29 is 9.18 Å². The summed E-state index contributed by atoms with van der Waals surface area (Å²) in [6.45, 7) is 1.88. The first-order chi connectivity index (χ1) is 9.13. The van der Waals surface area contributed by atoms with Gasteiger partial charge in [0.15, 0.2) is 5.82 Å². The Bertz CT molecular complexity index is 690. The number of anilines is 2. The van der Waals surface area contributed by atoms with Gasteiger partial charge in [-0.05, 0) is 25.1 Å². The van der Waals surface area contributed by atoms with E-state index in [2.05, 4.69) is 20.8 Å². The summed E-state index contributed by atoms with van der Waals surface area (Å²) < 4.78 is 13.1. The Morgan fingerprint density at radius 3 is 2.95 bits per heavy atom. The molecule has 5 nitrogen and oxygen atoms in total. The molecule has 0 atom stereocenters. The van der Waals surface area contributed by atoms with E-state index in [9.17, 15) is 9.18 Å². The van der Waals surface area contributed by atoms with Crippen LogP contribution in [0.15, 0.2) is 30.5 Å². The van der Waals surface area contributed by atoms with Gasteiger partial charge in [-0.25, -0.2) is 4.39 Å². The van der Waals surface area contributed by atoms with E-state index < -0.39 is 0 Å². The zero-order valence-electron chi connectivity index (χ0n) is 10.1. The van der Waals surface area contributed by atoms with Crippen molar-refractivity contribution in [2.75, 3.05) is 10.6 Å². The SMILES string of the molecule is Cc1cc(NC=C2C(=O)Nc3cc(F)ccc32)n[nH]1. The predicted molar refractivity (Wildman–Crippen MR) is 70.0 cm³/mol. The molecular formula is C13H11FN4O. The van der Waals surface area contributed by atoms with Crippen molar-refractivity contribution in [3.8, 4) is 0 Å². The molecule has 1 aromatic heterocycles. The average Bonchev–Trinajstić information content (AvgIpc) is 2.89. The maximum absolute atomic E-state index is 13.1. The van der Waals surface area contributed by atoms with E-state index in [1.165, 1.54) is 12.1 Å². The van der Waals surface area contributed by atoms with Crippen LogP contribution in [0.4, 0.5) is 15.9 Å². The van der Waals surface area contributed by atoms with Crippen molar-refractivity contribution in [1.82, 2.24) is 10.2 Å². The fraction of sp³-hybridized carbons (Fsp3) is 0.0769. The quantitative estimate of drug-likeness (QED) is 0.724. The van der Waals surface area contributed by atoms with E-state index in [0.29, 0.717) is 22.6 Å². The van der Waals surface area contributed by atoms with E-state index in [1.54, 1.807) is 12.3 Å². The second kappa shape index (κ2) is 4.24. The first kappa shape index (κ1) is 11.5. The summed E-state index contributed by atoms with van der Waals surface area (Å²) in [5.41, 5.74) is 2.53. The first-order valence-electron chi connectivity index (χ1n) is 5.73. The van der Waals surface area contributed by atoms with E-state index in [0.717, 1.165) is 5.69 Å². The molecule has 0 saturated heterocycles. The van der Waals surface area contributed by atoms with E-state index in [1.807, 2.05) is 13.0 Å². The molecule has 3 rings (SSSR count). The van der Waals surface area contributed by atoms with E-state index >= 15 is 0 Å². The maximum Gasteiger partial charge on any atom is 0.257 e. The number of halogens is 1. The van der Waals surface area contributed by atoms with Crippen LogP contribution in [0.2, 0.25) is 0 Å². The summed E-state index contributed by atoms with van der Waals surface area (Å²) in [7, 11) is 0. The zero-order valence-corrected chi connectivity index (χ0v) is 10.1. The minimum atomic E-state index is -0.379. The highest BCUT2D eigenvalue weighted by Gasteiger charge is 2.24. The second-order valence-electron chi connectivity index (χ2n) is 4.28. The molecule has 0 bridgehead atoms. The lowest BCUT2D eigenvalue weighted by atomic mass is 10.1. The van der Waals surface area contributed by atoms with Crippen LogP contribution in [0.1, 0.15) is 11.3 Å². The molecule has 0 aliphatic carbocycles. The Kier molecular flexibility index (Phi) is 2.56. The summed E-state index contributed by atoms with van der Waals surface area (Å²) in [5.74, 6) is -0.0232. The minimum Gasteiger partial charge on any atom is -0.344 e. The molecule has 0 unspecified atom stereocenters. The fourth-order valence-electron chi connectivity index (χ4n) is 1.95. The number of benzene rings is 1. The summed E-state index contributed by atoms with van der Waals surface area (Å²) in [6.07, 6.45) is 1.56. The third-order valence-electron chi connectivity index (χ3n) is 2.83. The van der Waals surface area contributed by atoms with Gasteiger partial charge in [0.1, 0.15) is 5.82 Å². The van der Waals surface area contributed by atoms with Crippen LogP contribution < -0.4 is 10.6 Å². The van der Waals surface area contributed by atoms with Gasteiger partial charge in [0, 0.05) is 23.5 Å². The standard InChI is InChI=1S/C13H11FN4O/c1-7-4-12(18-17-7)15-6-10-9-3-2-8(14)5-11(9)16-13(10)19/h2-6H,1H3,(H,16,19)(H2,15,17,18). The number of aromatic nitrogens is 2. The molecule has 1 aliphatic rings. The van der Waals surface area contributed by atoms with Crippen LogP contribution in [0.25, 0.3) is 5.57 Å². The number of fused-ring (bicyclic) bond motifs is 1. The highest BCUT2D eigenvalue weighted by atomic mass is 19.1. The summed E-state index contributed by atoms with van der Waals surface area (Å²) in [5, 5.41) is 12.3. The molecular weight excluding hydrogens is 247 g/mol. The Labute approximate surface area is 108 Å². The zero-order chi connectivity index (χ0) is 13.4. The molecule has 0 radical (unpaired) electrons. The number of amides is 1. The van der Waals surface area contributed by atoms with Gasteiger partial charge in [-0.1, -0.05) is 0 Å². The highest BCUT2D eigenvalue weighted by molar-refractivity contribution is 6.31. The Hall–Kier alpha value is -2.63. The van der Waals surface area contributed by atoms with Gasteiger partial charge < -0.3 is 10.6 Å². The van der Waals surface area contributed by atoms with Crippen molar-refractivity contribution in [1.29, 1.82) is 0 Å². The molecule has 2 aromatic rings. The molecule has 1 amide bonds. The fourth-order valence-corrected chi connectivity index (χ4v) is 1.95. The number of carbonyl (C=O) groups excluding carboxylic acids is 1. The lowest BCUT2D eigenvalue weighted by molar-refractivity contribution is -0.110. The number of carbonyl (C=O) groups is 1. The maximum atomic E-state index is 13.1. The Morgan fingerprint density at radius 1 is 1.37 bits per heavy atom. The molecule has 0 saturated carbocycles. The minimum absolute atomic E-state index is 0.264. The summed E-state index contributed by atoms with van der Waals surface area (Å²) in [6, 6.07) is 6.01. The van der Waals surface area contributed by atoms with Gasteiger partial charge >= 0.3 is 0 Å². The largest absolute Gasteiger partial charge is 0.344 e. The second-order valence-corrected chi connectivity index (χ2v) is 4.28. The first-order valence-corrected chi connectivity index (χ1v) is 5.73. The van der Waals surface area contributed by atoms with Gasteiger partial charge in [-0.15, -0.1) is 0 Å². The molecule has 96 valence electrons. The molecule has 6 heteroatoms. The van der Waals surface area contributed by atoms with Gasteiger partial charge in [0.25, 0.3) is 5.91 Å². The molecule has 3 N–H and O–H groups in total. The van der Waals surface area contributed by atoms with Crippen LogP contribution in [-0.2, 0) is 4.79 Å². The molecule has 0 spiro atoms. The van der Waals surface area contributed by atoms with Crippen LogP contribution in [-0.4, -0.2) is 16.1 Å². The van der Waals surface area contributed by atoms with E-state index in [4.69, 9.17) is 0 Å². The van der Waals surface area contributed by atoms with Gasteiger partial charge in [-0.2, -0.15) is 5.10 Å². The van der Waals surface area contributed by atoms with Crippen LogP contribution in [0, 0.1) is 12.7 Å². The number of H-pyrrole nitrogens is 1. The summed E-state index contributed by atoms with van der Waals surface area (Å²) >= 11 is 0. The van der Waals surface area contributed by atoms with Gasteiger partial charge in [0.2, 0.25) is 0 Å². The van der Waals surface area contributed by atoms with E-state index in [-0.39, 0.29) is 11.7 Å². The Balaban J connectivity index is 1.91. The van der Waals surface area contributed by atoms with Crippen molar-refractivity contribution in [3.63, 3.8) is 0 Å². The molecule has 1 aliphatic heterocycles. The number of rotatable bonds is 2. The number of aromatic amines is 1. The highest BCUT2D eigenvalue weighted by Crippen LogP contribution is 2.31. The van der Waals surface area contributed by atoms with Crippen molar-refractivity contribution in [3.05, 3.63) is 47.5 Å². The number of nitrogens with one attached hydrogen (secondary N) is 3. The summed E-state index contributed by atoms with van der Waals surface area (Å²) in [4.78, 5) is 11.8. The van der Waals surface area contributed by atoms with Crippen LogP contribution >= 0.6 is 0 Å². The lowest BCUT2D eigenvalue weighted by Crippen LogP contribution is -2.05. The van der Waals surface area contributed by atoms with Crippen molar-refractivity contribution in [2.24, 2.45) is 0 Å². The lowest BCUT2D eigenvalue weighted by Gasteiger charge is -1.99. The predicted octanol–water partition coefficient (Wildman–Crippen LogP) is 2.26. The Morgan fingerprint density at radius 2 is 2.21 bits per heavy atom. The third-order valence-corrected chi connectivity index (χ3v) is 2.83. The smallest absolute Gasteiger partial charge is 0.257 e. The van der Waals surface area contributed by atoms with Gasteiger partial charge in [-0.3, -0.25) is 9.89 Å². The number of hydrogen-bond acceptors (Lipinski definition) is 3. The van der Waals surface area contributed by atoms with Crippen molar-refractivity contribution in [2.45, 2.75) is 6.92 Å². The monoisotopic (exact) mass is 258 g/mol.